The van der Waals surface area contributed by atoms with Crippen LogP contribution < -0.4 is 5.32 Å². The Morgan fingerprint density at radius 2 is 1.77 bits per heavy atom. The minimum atomic E-state index is -0.635. The molecule has 0 saturated heterocycles. The summed E-state index contributed by atoms with van der Waals surface area (Å²) in [7, 11) is 0. The van der Waals surface area contributed by atoms with Crippen molar-refractivity contribution in [3.05, 3.63) is 69.5 Å². The minimum absolute atomic E-state index is 0.0450. The highest BCUT2D eigenvalue weighted by atomic mass is 35.5. The first-order chi connectivity index (χ1) is 14.7. The number of carbonyl (C=O) groups is 2. The molecule has 0 heterocycles. The molecule has 0 spiro atoms. The monoisotopic (exact) mass is 484 g/mol. The van der Waals surface area contributed by atoms with Crippen LogP contribution in [0.5, 0.6) is 0 Å². The lowest BCUT2D eigenvalue weighted by Gasteiger charge is -2.31. The summed E-state index contributed by atoms with van der Waals surface area (Å²) in [5.41, 5.74) is 1.12. The first-order valence-electron chi connectivity index (χ1n) is 10.1. The number of nitrogens with one attached hydrogen (secondary N) is 1. The number of halogens is 3. The number of hydrogen-bond acceptors (Lipinski definition) is 3. The van der Waals surface area contributed by atoms with Crippen LogP contribution in [0.25, 0.3) is 0 Å². The van der Waals surface area contributed by atoms with Gasteiger partial charge in [-0.2, -0.15) is 0 Å². The number of hydrogen-bond donors (Lipinski definition) is 1. The highest BCUT2D eigenvalue weighted by Gasteiger charge is 2.29. The Balaban J connectivity index is 2.18. The van der Waals surface area contributed by atoms with Crippen molar-refractivity contribution < 1.29 is 14.0 Å². The summed E-state index contributed by atoms with van der Waals surface area (Å²) < 4.78 is 14.0. The average Bonchev–Trinajstić information content (AvgIpc) is 2.70. The summed E-state index contributed by atoms with van der Waals surface area (Å²) in [5, 5.41) is 3.75. The van der Waals surface area contributed by atoms with E-state index in [2.05, 4.69) is 5.32 Å². The molecule has 168 valence electrons. The van der Waals surface area contributed by atoms with Crippen molar-refractivity contribution in [3.63, 3.8) is 0 Å². The van der Waals surface area contributed by atoms with E-state index in [1.165, 1.54) is 17.8 Å². The second kappa shape index (κ2) is 12.3. The first-order valence-corrected chi connectivity index (χ1v) is 12.0. The predicted octanol–water partition coefficient (Wildman–Crippen LogP) is 5.70. The zero-order valence-electron chi connectivity index (χ0n) is 17.8. The molecule has 0 aromatic heterocycles. The van der Waals surface area contributed by atoms with Gasteiger partial charge in [-0.15, -0.1) is 11.8 Å². The molecule has 0 aliphatic rings. The summed E-state index contributed by atoms with van der Waals surface area (Å²) in [4.78, 5) is 27.5. The van der Waals surface area contributed by atoms with Gasteiger partial charge in [0.1, 0.15) is 11.9 Å². The minimum Gasteiger partial charge on any atom is -0.352 e. The summed E-state index contributed by atoms with van der Waals surface area (Å²) in [6, 6.07) is 11.1. The van der Waals surface area contributed by atoms with Crippen molar-refractivity contribution in [1.29, 1.82) is 0 Å². The van der Waals surface area contributed by atoms with E-state index < -0.39 is 11.9 Å². The molecule has 1 atom stereocenters. The van der Waals surface area contributed by atoms with Gasteiger partial charge in [0.2, 0.25) is 11.8 Å². The van der Waals surface area contributed by atoms with Crippen molar-refractivity contribution in [2.75, 3.05) is 5.75 Å². The highest BCUT2D eigenvalue weighted by Crippen LogP contribution is 2.25. The van der Waals surface area contributed by atoms with Gasteiger partial charge in [-0.3, -0.25) is 9.59 Å². The van der Waals surface area contributed by atoms with E-state index in [1.54, 1.807) is 23.1 Å². The lowest BCUT2D eigenvalue weighted by atomic mass is 10.1. The van der Waals surface area contributed by atoms with Gasteiger partial charge >= 0.3 is 0 Å². The molecular weight excluding hydrogens is 458 g/mol. The van der Waals surface area contributed by atoms with Crippen LogP contribution in [-0.2, 0) is 21.9 Å². The summed E-state index contributed by atoms with van der Waals surface area (Å²) in [6.45, 7) is 5.82. The van der Waals surface area contributed by atoms with Gasteiger partial charge in [0.25, 0.3) is 0 Å². The molecule has 1 N–H and O–H groups in total. The van der Waals surface area contributed by atoms with Gasteiger partial charge < -0.3 is 10.2 Å². The number of amides is 2. The zero-order valence-corrected chi connectivity index (χ0v) is 20.2. The van der Waals surface area contributed by atoms with Crippen LogP contribution in [-0.4, -0.2) is 34.6 Å². The van der Waals surface area contributed by atoms with E-state index in [1.807, 2.05) is 39.0 Å². The van der Waals surface area contributed by atoms with Crippen LogP contribution >= 0.6 is 35.0 Å². The molecule has 8 heteroatoms. The average molecular weight is 485 g/mol. The van der Waals surface area contributed by atoms with Crippen molar-refractivity contribution in [1.82, 2.24) is 10.2 Å². The Kier molecular flexibility index (Phi) is 10.1. The molecular formula is C23H27Cl2FN2O2S. The molecule has 2 aromatic carbocycles. The van der Waals surface area contributed by atoms with Gasteiger partial charge in [-0.25, -0.2) is 4.39 Å². The van der Waals surface area contributed by atoms with Crippen LogP contribution in [0.2, 0.25) is 10.0 Å². The van der Waals surface area contributed by atoms with Crippen LogP contribution in [0.1, 0.15) is 38.3 Å². The second-order valence-corrected chi connectivity index (χ2v) is 9.19. The van der Waals surface area contributed by atoms with Crippen LogP contribution in [0.4, 0.5) is 4.39 Å². The molecule has 0 saturated carbocycles. The number of nitrogens with zero attached hydrogens (tertiary/aromatic N) is 1. The SMILES string of the molecule is CC[C@@H](C(=O)NC(C)C)N(Cc1ccccc1Cl)C(=O)CSCc1c(F)cccc1Cl. The van der Waals surface area contributed by atoms with Gasteiger partial charge in [0.05, 0.1) is 5.75 Å². The molecule has 31 heavy (non-hydrogen) atoms. The van der Waals surface area contributed by atoms with Crippen molar-refractivity contribution >= 4 is 46.8 Å². The highest BCUT2D eigenvalue weighted by molar-refractivity contribution is 7.99. The van der Waals surface area contributed by atoms with Crippen LogP contribution in [0.3, 0.4) is 0 Å². The lowest BCUT2D eigenvalue weighted by Crippen LogP contribution is -2.51. The molecule has 0 aliphatic carbocycles. The van der Waals surface area contributed by atoms with E-state index in [9.17, 15) is 14.0 Å². The Morgan fingerprint density at radius 3 is 2.39 bits per heavy atom. The normalized spacial score (nSPS) is 12.0. The molecule has 0 unspecified atom stereocenters. The molecule has 4 nitrogen and oxygen atoms in total. The van der Waals surface area contributed by atoms with Crippen molar-refractivity contribution in [3.8, 4) is 0 Å². The Morgan fingerprint density at radius 1 is 1.10 bits per heavy atom. The largest absolute Gasteiger partial charge is 0.352 e. The standard InChI is InChI=1S/C23H27Cl2FN2O2S/c1-4-21(23(30)27-15(2)3)28(12-16-8-5-6-9-18(16)24)22(29)14-31-13-17-19(25)10-7-11-20(17)26/h5-11,15,21H,4,12-14H2,1-3H3,(H,27,30)/t21-/m0/s1. The third-order valence-corrected chi connectivity index (χ3v) is 6.32. The Labute approximate surface area is 197 Å². The van der Waals surface area contributed by atoms with E-state index in [0.717, 1.165) is 5.56 Å². The molecule has 2 amide bonds. The first kappa shape index (κ1) is 25.5. The fourth-order valence-corrected chi connectivity index (χ4v) is 4.55. The maximum Gasteiger partial charge on any atom is 0.243 e. The Hall–Kier alpha value is -1.76. The topological polar surface area (TPSA) is 49.4 Å². The molecule has 0 aliphatic heterocycles. The zero-order chi connectivity index (χ0) is 23.0. The van der Waals surface area contributed by atoms with Crippen molar-refractivity contribution in [2.45, 2.75) is 51.6 Å². The number of benzene rings is 2. The quantitative estimate of drug-likeness (QED) is 0.470. The molecule has 0 bridgehead atoms. The van der Waals surface area contributed by atoms with Gasteiger partial charge in [-0.05, 0) is 44.0 Å². The fourth-order valence-electron chi connectivity index (χ4n) is 3.10. The summed E-state index contributed by atoms with van der Waals surface area (Å²) in [6.07, 6.45) is 0.457. The molecule has 2 aromatic rings. The van der Waals surface area contributed by atoms with E-state index in [-0.39, 0.29) is 35.9 Å². The van der Waals surface area contributed by atoms with Gasteiger partial charge in [-0.1, -0.05) is 54.4 Å². The molecule has 2 rings (SSSR count). The number of thioether (sulfide) groups is 1. The Bertz CT molecular complexity index is 891. The predicted molar refractivity (Wildman–Crippen MR) is 127 cm³/mol. The smallest absolute Gasteiger partial charge is 0.243 e. The number of rotatable bonds is 10. The summed E-state index contributed by atoms with van der Waals surface area (Å²) in [5.74, 6) is -0.487. The maximum absolute atomic E-state index is 14.0. The second-order valence-electron chi connectivity index (χ2n) is 7.39. The molecule has 0 radical (unpaired) electrons. The lowest BCUT2D eigenvalue weighted by molar-refractivity contribution is -0.139. The van der Waals surface area contributed by atoms with Crippen LogP contribution in [0.15, 0.2) is 42.5 Å². The summed E-state index contributed by atoms with van der Waals surface area (Å²) >= 11 is 13.6. The van der Waals surface area contributed by atoms with Crippen molar-refractivity contribution in [2.24, 2.45) is 0 Å². The molecule has 0 fully saturated rings. The third-order valence-electron chi connectivity index (χ3n) is 4.65. The number of carbonyl (C=O) groups excluding carboxylic acids is 2. The fraction of sp³-hybridized carbons (Fsp3) is 0.391. The maximum atomic E-state index is 14.0. The van der Waals surface area contributed by atoms with E-state index in [4.69, 9.17) is 23.2 Å². The van der Waals surface area contributed by atoms with Gasteiger partial charge in [0.15, 0.2) is 0 Å². The van der Waals surface area contributed by atoms with Crippen LogP contribution in [0, 0.1) is 5.82 Å². The third kappa shape index (κ3) is 7.41. The van der Waals surface area contributed by atoms with E-state index in [0.29, 0.717) is 22.0 Å². The van der Waals surface area contributed by atoms with Gasteiger partial charge in [0, 0.05) is 33.9 Å². The van der Waals surface area contributed by atoms with E-state index >= 15 is 0 Å².